The third kappa shape index (κ3) is 5.29. The fourth-order valence-corrected chi connectivity index (χ4v) is 7.08. The van der Waals surface area contributed by atoms with Crippen LogP contribution in [0.1, 0.15) is 12.5 Å². The third-order valence-corrected chi connectivity index (χ3v) is 9.11. The Balaban J connectivity index is 1.21. The maximum atomic E-state index is 13.2. The molecule has 24 nitrogen and oxygen atoms in total. The number of phosphoric ester groups is 1. The Morgan fingerprint density at radius 2 is 1.78 bits per heavy atom. The van der Waals surface area contributed by atoms with Crippen LogP contribution in [0.4, 0.5) is 11.8 Å². The Morgan fingerprint density at radius 1 is 0.978 bits per heavy atom. The first-order chi connectivity index (χ1) is 21.3. The molecule has 45 heavy (non-hydrogen) atoms. The molecule has 4 aromatic rings. The lowest BCUT2D eigenvalue weighted by atomic mass is 10.1. The van der Waals surface area contributed by atoms with Crippen molar-refractivity contribution in [2.75, 3.05) is 24.4 Å². The van der Waals surface area contributed by atoms with Gasteiger partial charge in [0, 0.05) is 0 Å². The van der Waals surface area contributed by atoms with Crippen LogP contribution in [0.15, 0.2) is 17.4 Å². The number of aliphatic hydroxyl groups excluding tert-OH is 2. The van der Waals surface area contributed by atoms with Gasteiger partial charge in [0.2, 0.25) is 5.95 Å². The Hall–Kier alpha value is -3.51. The zero-order valence-electron chi connectivity index (χ0n) is 22.3. The zero-order chi connectivity index (χ0) is 31.8. The smallest absolute Gasteiger partial charge is 0.386 e. The summed E-state index contributed by atoms with van der Waals surface area (Å²) in [6.07, 6.45) is -12.1. The molecule has 0 radical (unpaired) electrons. The van der Waals surface area contributed by atoms with E-state index in [2.05, 4.69) is 35.2 Å². The second-order valence-electron chi connectivity index (χ2n) is 10.0. The minimum Gasteiger partial charge on any atom is -0.386 e. The van der Waals surface area contributed by atoms with E-state index in [9.17, 15) is 33.9 Å². The summed E-state index contributed by atoms with van der Waals surface area (Å²) in [5.74, 6) is -0.297. The second kappa shape index (κ2) is 10.8. The number of nitrogens with zero attached hydrogens (tertiary/aromatic N) is 8. The van der Waals surface area contributed by atoms with E-state index in [-0.39, 0.29) is 34.1 Å². The van der Waals surface area contributed by atoms with Crippen LogP contribution in [0.5, 0.6) is 0 Å². The molecule has 4 aromatic heterocycles. The van der Waals surface area contributed by atoms with Gasteiger partial charge in [-0.15, -0.1) is 5.10 Å². The highest BCUT2D eigenvalue weighted by molar-refractivity contribution is 7.52. The predicted molar refractivity (Wildman–Crippen MR) is 141 cm³/mol. The lowest BCUT2D eigenvalue weighted by molar-refractivity contribution is -0.170. The van der Waals surface area contributed by atoms with Gasteiger partial charge in [0.15, 0.2) is 47.7 Å². The molecule has 0 amide bonds. The largest absolute Gasteiger partial charge is 0.472 e. The van der Waals surface area contributed by atoms with E-state index in [0.717, 1.165) is 11.0 Å². The number of anilines is 2. The van der Waals surface area contributed by atoms with Crippen LogP contribution in [0.25, 0.3) is 22.3 Å². The topological polar surface area (TPSA) is 343 Å². The Kier molecular flexibility index (Phi) is 7.23. The lowest BCUT2D eigenvalue weighted by Gasteiger charge is -2.25. The molecule has 2 bridgehead atoms. The predicted octanol–water partition coefficient (Wildman–Crippen LogP) is -2.95. The number of nitrogens with two attached hydrogens (primary N) is 2. The highest BCUT2D eigenvalue weighted by Crippen LogP contribution is 2.53. The van der Waals surface area contributed by atoms with Gasteiger partial charge in [-0.1, -0.05) is 5.21 Å². The molecule has 242 valence electrons. The van der Waals surface area contributed by atoms with Gasteiger partial charge in [-0.3, -0.25) is 32.5 Å². The number of hydrogen-bond donors (Lipinski definition) is 7. The van der Waals surface area contributed by atoms with Crippen molar-refractivity contribution in [2.45, 2.75) is 49.3 Å². The molecule has 2 unspecified atom stereocenters. The fraction of sp³-hybridized carbons (Fsp3) is 0.526. The molecule has 10 atom stereocenters. The van der Waals surface area contributed by atoms with Crippen LogP contribution in [0, 0.1) is 0 Å². The van der Waals surface area contributed by atoms with E-state index in [1.165, 1.54) is 10.9 Å². The molecule has 0 aromatic carbocycles. The number of rotatable bonds is 2. The molecule has 3 saturated heterocycles. The van der Waals surface area contributed by atoms with Gasteiger partial charge in [-0.2, -0.15) is 9.67 Å². The van der Waals surface area contributed by atoms with Crippen molar-refractivity contribution in [2.24, 2.45) is 0 Å². The molecular formula is C19H23N11O13P2. The van der Waals surface area contributed by atoms with Gasteiger partial charge in [0.1, 0.15) is 42.4 Å². The molecule has 3 aliphatic rings. The molecule has 3 aliphatic heterocycles. The number of aromatic nitrogens is 9. The zero-order valence-corrected chi connectivity index (χ0v) is 24.1. The number of nitrogen functional groups attached to an aromatic ring is 2. The summed E-state index contributed by atoms with van der Waals surface area (Å²) >= 11 is 0. The van der Waals surface area contributed by atoms with E-state index in [0.29, 0.717) is 0 Å². The van der Waals surface area contributed by atoms with Crippen LogP contribution >= 0.6 is 15.4 Å². The van der Waals surface area contributed by atoms with E-state index in [1.54, 1.807) is 0 Å². The van der Waals surface area contributed by atoms with Gasteiger partial charge in [-0.25, -0.2) is 19.5 Å². The van der Waals surface area contributed by atoms with Gasteiger partial charge in [-0.05, 0) is 0 Å². The average molecular weight is 675 g/mol. The monoisotopic (exact) mass is 675 g/mol. The summed E-state index contributed by atoms with van der Waals surface area (Å²) in [6, 6.07) is 0. The summed E-state index contributed by atoms with van der Waals surface area (Å²) < 4.78 is 60.9. The lowest BCUT2D eigenvalue weighted by Crippen LogP contribution is -2.36. The summed E-state index contributed by atoms with van der Waals surface area (Å²) in [5.41, 5.74) is 10.4. The number of aliphatic hydroxyl groups is 2. The first-order valence-corrected chi connectivity index (χ1v) is 16.1. The average Bonchev–Trinajstić information content (AvgIpc) is 3.72. The Bertz CT molecular complexity index is 1940. The number of nitrogens with one attached hydrogen (secondary N) is 1. The van der Waals surface area contributed by atoms with Crippen molar-refractivity contribution in [3.05, 3.63) is 23.0 Å². The third-order valence-electron chi connectivity index (χ3n) is 7.08. The van der Waals surface area contributed by atoms with Crippen molar-refractivity contribution < 1.29 is 56.9 Å². The quantitative estimate of drug-likeness (QED) is 0.104. The molecule has 0 saturated carbocycles. The summed E-state index contributed by atoms with van der Waals surface area (Å²) in [6.45, 7) is -0.839. The molecule has 26 heteroatoms. The van der Waals surface area contributed by atoms with Gasteiger partial charge in [0.05, 0.1) is 12.9 Å². The highest BCUT2D eigenvalue weighted by atomic mass is 31.2. The minimum absolute atomic E-state index is 0.0334. The van der Waals surface area contributed by atoms with Crippen molar-refractivity contribution in [1.29, 1.82) is 0 Å². The minimum atomic E-state index is -5.16. The van der Waals surface area contributed by atoms with E-state index < -0.39 is 83.2 Å². The van der Waals surface area contributed by atoms with E-state index >= 15 is 0 Å². The van der Waals surface area contributed by atoms with Crippen molar-refractivity contribution >= 4 is 49.5 Å². The van der Waals surface area contributed by atoms with Crippen LogP contribution in [-0.2, 0) is 36.9 Å². The second-order valence-corrected chi connectivity index (χ2v) is 13.2. The maximum Gasteiger partial charge on any atom is 0.472 e. The number of H-pyrrole nitrogens is 1. The molecule has 0 spiro atoms. The number of aromatic amines is 1. The standard InChI is InChI=1S/C19H23N11O13P2/c20-12-6-13(23-2-22-12)29(3-24-6)16-8(31)10-5(40-16)1-39-45(36,37)43-11-9(32)18(38-4-44(34,35)42-10)41-17(11)30-14-7(27-28-30)15(33)26-19(21)25-14/h2-3,5,8-11,16-18,31-32H,1,4H2,(H,34,35)(H,36,37)(H2,20,22,23)(H3,21,25,26,33)/t5-,8-,9+,10-,11-,16-,17-,18+/m1/s1. The molecule has 7 heterocycles. The van der Waals surface area contributed by atoms with Gasteiger partial charge < -0.3 is 45.7 Å². The highest BCUT2D eigenvalue weighted by Gasteiger charge is 2.54. The number of imidazole rings is 1. The summed E-state index contributed by atoms with van der Waals surface area (Å²) in [7, 11) is -9.96. The van der Waals surface area contributed by atoms with Gasteiger partial charge in [0.25, 0.3) is 5.56 Å². The van der Waals surface area contributed by atoms with Crippen LogP contribution in [0.3, 0.4) is 0 Å². The fourth-order valence-electron chi connectivity index (χ4n) is 5.11. The first-order valence-electron chi connectivity index (χ1n) is 12.8. The van der Waals surface area contributed by atoms with Gasteiger partial charge >= 0.3 is 15.4 Å². The number of fused-ring (bicyclic) bond motifs is 5. The number of hydrogen-bond acceptors (Lipinski definition) is 19. The summed E-state index contributed by atoms with van der Waals surface area (Å²) in [5, 5.41) is 29.5. The summed E-state index contributed by atoms with van der Waals surface area (Å²) in [4.78, 5) is 51.7. The van der Waals surface area contributed by atoms with E-state index in [4.69, 9.17) is 39.2 Å². The maximum absolute atomic E-state index is 13.2. The van der Waals surface area contributed by atoms with Crippen molar-refractivity contribution in [3.8, 4) is 0 Å². The normalized spacial score (nSPS) is 37.7. The van der Waals surface area contributed by atoms with Crippen LogP contribution in [0.2, 0.25) is 0 Å². The number of ether oxygens (including phenoxy) is 3. The van der Waals surface area contributed by atoms with Crippen molar-refractivity contribution in [1.82, 2.24) is 44.5 Å². The molecule has 7 rings (SSSR count). The Morgan fingerprint density at radius 3 is 2.58 bits per heavy atom. The van der Waals surface area contributed by atoms with Crippen LogP contribution in [-0.4, -0.2) is 114 Å². The number of phosphoric acid groups is 1. The Labute approximate surface area is 248 Å². The van der Waals surface area contributed by atoms with Crippen molar-refractivity contribution in [3.63, 3.8) is 0 Å². The molecule has 9 N–H and O–H groups in total. The molecular weight excluding hydrogens is 652 g/mol. The first kappa shape index (κ1) is 30.2. The SMILES string of the molecule is Nc1nc2c(nnn2[C@@H]2O[C@@H]3OCP(=O)(O)O[C@H]4[C@@H](O)[C@H](n5cnc6c(N)ncnc65)O[C@@H]4COP(=O)(O)O[C@@H]2[C@@H]3O)c(=O)[nH]1. The molecule has 3 fully saturated rings. The molecule has 0 aliphatic carbocycles. The van der Waals surface area contributed by atoms with E-state index in [1.807, 2.05) is 0 Å². The van der Waals surface area contributed by atoms with Crippen LogP contribution < -0.4 is 17.0 Å².